The van der Waals surface area contributed by atoms with E-state index >= 15 is 0 Å². The van der Waals surface area contributed by atoms with Crippen LogP contribution in [0, 0.1) is 22.2 Å². The summed E-state index contributed by atoms with van der Waals surface area (Å²) in [7, 11) is 0. The van der Waals surface area contributed by atoms with Crippen LogP contribution in [0.5, 0.6) is 0 Å². The number of nitrogens with one attached hydrogen (secondary N) is 1. The predicted molar refractivity (Wildman–Crippen MR) is 186 cm³/mol. The second-order valence-corrected chi connectivity index (χ2v) is 13.8. The molecule has 0 aromatic heterocycles. The summed E-state index contributed by atoms with van der Waals surface area (Å²) >= 11 is 6.55. The average Bonchev–Trinajstić information content (AvgIpc) is 3.61. The summed E-state index contributed by atoms with van der Waals surface area (Å²) in [5, 5.41) is 36.3. The summed E-state index contributed by atoms with van der Waals surface area (Å²) in [4.78, 5) is 30.2. The maximum Gasteiger partial charge on any atom is 0.311 e. The quantitative estimate of drug-likeness (QED) is 0.148. The molecule has 254 valence electrons. The number of ether oxygens (including phenoxy) is 1. The maximum atomic E-state index is 14.2. The third kappa shape index (κ3) is 7.30. The van der Waals surface area contributed by atoms with Crippen molar-refractivity contribution in [2.45, 2.75) is 69.4 Å². The van der Waals surface area contributed by atoms with Gasteiger partial charge in [-0.15, -0.1) is 0 Å². The molecule has 5 atom stereocenters. The molecular weight excluding hydrogens is 626 g/mol. The van der Waals surface area contributed by atoms with Crippen molar-refractivity contribution in [2.24, 2.45) is 10.8 Å². The van der Waals surface area contributed by atoms with Crippen molar-refractivity contribution in [1.82, 2.24) is 10.2 Å². The van der Waals surface area contributed by atoms with E-state index in [1.807, 2.05) is 60.7 Å². The molecule has 0 aliphatic carbocycles. The minimum absolute atomic E-state index is 0.0253. The molecule has 0 bridgehead atoms. The standard InChI is InChI=1S/C39H46ClN3O5/c1-28-38(36(44)45,19-11-21-41)35(31-16-10-17-32(40)26-31)39(37(46)47,34(42-28)27-48-25-24-43-22-8-9-23-43)20-18-33(29-12-4-2-5-13-29)30-14-6-3-7-15-30/h2-7,10,12-17,26,28,33-35,42H,8-9,11,18-20,22-25,27H2,1H3,(H,44,45)(H,46,47). The number of benzene rings is 3. The fourth-order valence-electron chi connectivity index (χ4n) is 8.41. The zero-order chi connectivity index (χ0) is 34.1. The van der Waals surface area contributed by atoms with Crippen LogP contribution in [0.4, 0.5) is 0 Å². The number of nitrogens with zero attached hydrogens (tertiary/aromatic N) is 2. The number of carbonyl (C=O) groups is 2. The van der Waals surface area contributed by atoms with E-state index in [-0.39, 0.29) is 31.8 Å². The summed E-state index contributed by atoms with van der Waals surface area (Å²) in [5.74, 6) is -3.40. The van der Waals surface area contributed by atoms with Crippen LogP contribution in [0.2, 0.25) is 5.02 Å². The van der Waals surface area contributed by atoms with Gasteiger partial charge in [0.25, 0.3) is 0 Å². The minimum atomic E-state index is -1.64. The number of halogens is 1. The van der Waals surface area contributed by atoms with Gasteiger partial charge in [-0.25, -0.2) is 0 Å². The van der Waals surface area contributed by atoms with Gasteiger partial charge in [0.2, 0.25) is 0 Å². The Balaban J connectivity index is 1.64. The number of hydrogen-bond donors (Lipinski definition) is 3. The van der Waals surface area contributed by atoms with E-state index < -0.39 is 40.8 Å². The fourth-order valence-corrected chi connectivity index (χ4v) is 8.60. The molecular formula is C39H46ClN3O5. The molecule has 5 rings (SSSR count). The summed E-state index contributed by atoms with van der Waals surface area (Å²) in [6.07, 6.45) is 2.84. The van der Waals surface area contributed by atoms with Gasteiger partial charge in [-0.3, -0.25) is 9.59 Å². The Morgan fingerprint density at radius 3 is 2.15 bits per heavy atom. The molecule has 3 aromatic rings. The monoisotopic (exact) mass is 671 g/mol. The van der Waals surface area contributed by atoms with Crippen molar-refractivity contribution < 1.29 is 24.5 Å². The highest BCUT2D eigenvalue weighted by Crippen LogP contribution is 2.60. The molecule has 0 saturated carbocycles. The first kappa shape index (κ1) is 35.6. The Morgan fingerprint density at radius 2 is 1.58 bits per heavy atom. The molecule has 2 aliphatic rings. The van der Waals surface area contributed by atoms with Crippen molar-refractivity contribution >= 4 is 23.5 Å². The number of rotatable bonds is 15. The smallest absolute Gasteiger partial charge is 0.311 e. The van der Waals surface area contributed by atoms with Gasteiger partial charge in [0, 0.05) is 41.9 Å². The molecule has 5 unspecified atom stereocenters. The van der Waals surface area contributed by atoms with Crippen molar-refractivity contribution in [2.75, 3.05) is 32.8 Å². The molecule has 2 heterocycles. The molecule has 0 spiro atoms. The second kappa shape index (κ2) is 16.1. The van der Waals surface area contributed by atoms with Gasteiger partial charge in [0.15, 0.2) is 0 Å². The third-order valence-corrected chi connectivity index (χ3v) is 11.0. The number of aliphatic carboxylic acids is 2. The van der Waals surface area contributed by atoms with Gasteiger partial charge in [0.05, 0.1) is 30.1 Å². The van der Waals surface area contributed by atoms with Gasteiger partial charge in [-0.1, -0.05) is 84.4 Å². The highest BCUT2D eigenvalue weighted by atomic mass is 35.5. The number of carboxylic acid groups (broad SMARTS) is 2. The van der Waals surface area contributed by atoms with E-state index in [0.29, 0.717) is 23.6 Å². The van der Waals surface area contributed by atoms with Crippen LogP contribution in [0.1, 0.15) is 74.0 Å². The highest BCUT2D eigenvalue weighted by Gasteiger charge is 2.67. The van der Waals surface area contributed by atoms with Gasteiger partial charge >= 0.3 is 11.9 Å². The van der Waals surface area contributed by atoms with Gasteiger partial charge in [0.1, 0.15) is 0 Å². The topological polar surface area (TPSA) is 123 Å². The lowest BCUT2D eigenvalue weighted by molar-refractivity contribution is -0.177. The lowest BCUT2D eigenvalue weighted by Gasteiger charge is -2.58. The first-order chi connectivity index (χ1) is 23.2. The van der Waals surface area contributed by atoms with Crippen molar-refractivity contribution in [3.63, 3.8) is 0 Å². The SMILES string of the molecule is CC1NC(COCCN2CCCC2)C(CCC(c2ccccc2)c2ccccc2)(C(=O)O)C(c2cccc(Cl)c2)C1(CCC#N)C(=O)O. The first-order valence-electron chi connectivity index (χ1n) is 17.0. The molecule has 48 heavy (non-hydrogen) atoms. The normalized spacial score (nSPS) is 25.9. The molecule has 9 heteroatoms. The number of piperidine rings is 1. The number of hydrogen-bond acceptors (Lipinski definition) is 6. The Hall–Kier alpha value is -3.74. The first-order valence-corrected chi connectivity index (χ1v) is 17.4. The van der Waals surface area contributed by atoms with E-state index in [2.05, 4.69) is 16.3 Å². The van der Waals surface area contributed by atoms with Crippen LogP contribution in [0.25, 0.3) is 0 Å². The zero-order valence-corrected chi connectivity index (χ0v) is 28.3. The number of carboxylic acids is 2. The van der Waals surface area contributed by atoms with Gasteiger partial charge < -0.3 is 25.2 Å². The van der Waals surface area contributed by atoms with E-state index in [4.69, 9.17) is 16.3 Å². The van der Waals surface area contributed by atoms with Crippen LogP contribution in [-0.4, -0.2) is 72.0 Å². The largest absolute Gasteiger partial charge is 0.481 e. The average molecular weight is 672 g/mol. The summed E-state index contributed by atoms with van der Waals surface area (Å²) in [6, 6.07) is 27.7. The lowest BCUT2D eigenvalue weighted by atomic mass is 9.49. The Morgan fingerprint density at radius 1 is 0.958 bits per heavy atom. The summed E-state index contributed by atoms with van der Waals surface area (Å²) in [6.45, 7) is 5.14. The minimum Gasteiger partial charge on any atom is -0.481 e. The molecule has 0 radical (unpaired) electrons. The van der Waals surface area contributed by atoms with Gasteiger partial charge in [-0.05, 0) is 80.9 Å². The molecule has 8 nitrogen and oxygen atoms in total. The zero-order valence-electron chi connectivity index (χ0n) is 27.6. The Bertz CT molecular complexity index is 1520. The Labute approximate surface area is 288 Å². The van der Waals surface area contributed by atoms with Crippen LogP contribution < -0.4 is 5.32 Å². The van der Waals surface area contributed by atoms with Crippen molar-refractivity contribution in [3.05, 3.63) is 107 Å². The Kier molecular flexibility index (Phi) is 11.9. The highest BCUT2D eigenvalue weighted by molar-refractivity contribution is 6.30. The predicted octanol–water partition coefficient (Wildman–Crippen LogP) is 6.95. The van der Waals surface area contributed by atoms with Crippen LogP contribution in [0.15, 0.2) is 84.9 Å². The van der Waals surface area contributed by atoms with Crippen LogP contribution in [-0.2, 0) is 14.3 Å². The molecule has 0 amide bonds. The van der Waals surface area contributed by atoms with Crippen LogP contribution in [0.3, 0.4) is 0 Å². The maximum absolute atomic E-state index is 14.2. The molecule has 2 saturated heterocycles. The molecule has 3 aromatic carbocycles. The summed E-state index contributed by atoms with van der Waals surface area (Å²) in [5.41, 5.74) is -0.627. The third-order valence-electron chi connectivity index (χ3n) is 10.8. The molecule has 3 N–H and O–H groups in total. The molecule has 2 fully saturated rings. The van der Waals surface area contributed by atoms with Crippen molar-refractivity contribution in [3.8, 4) is 6.07 Å². The molecule has 2 aliphatic heterocycles. The van der Waals surface area contributed by atoms with E-state index in [1.165, 1.54) is 0 Å². The number of likely N-dealkylation sites (tertiary alicyclic amines) is 1. The second-order valence-electron chi connectivity index (χ2n) is 13.3. The van der Waals surface area contributed by atoms with Crippen LogP contribution >= 0.6 is 11.6 Å². The van der Waals surface area contributed by atoms with Gasteiger partial charge in [-0.2, -0.15) is 5.26 Å². The van der Waals surface area contributed by atoms with E-state index in [9.17, 15) is 25.1 Å². The van der Waals surface area contributed by atoms with E-state index in [0.717, 1.165) is 43.6 Å². The summed E-state index contributed by atoms with van der Waals surface area (Å²) < 4.78 is 6.29. The fraction of sp³-hybridized carbons (Fsp3) is 0.462. The van der Waals surface area contributed by atoms with E-state index in [1.54, 1.807) is 31.2 Å². The number of nitriles is 1. The lowest BCUT2D eigenvalue weighted by Crippen LogP contribution is -2.71. The van der Waals surface area contributed by atoms with Crippen molar-refractivity contribution in [1.29, 1.82) is 5.26 Å².